The number of nitrogens with zero attached hydrogens (tertiary/aromatic N) is 5. The molecular formula is C23H24F3N5O2. The monoisotopic (exact) mass is 459 g/mol. The molecule has 3 heterocycles. The second kappa shape index (κ2) is 8.49. The summed E-state index contributed by atoms with van der Waals surface area (Å²) in [5.74, 6) is -0.902. The van der Waals surface area contributed by atoms with E-state index in [2.05, 4.69) is 40.4 Å². The Morgan fingerprint density at radius 3 is 2.15 bits per heavy atom. The Morgan fingerprint density at radius 1 is 0.970 bits per heavy atom. The van der Waals surface area contributed by atoms with Crippen molar-refractivity contribution in [2.75, 3.05) is 31.1 Å². The Labute approximate surface area is 189 Å². The molecular weight excluding hydrogens is 435 g/mol. The molecule has 1 saturated heterocycles. The summed E-state index contributed by atoms with van der Waals surface area (Å²) in [4.78, 5) is 24.4. The molecule has 0 radical (unpaired) electrons. The van der Waals surface area contributed by atoms with E-state index in [1.54, 1.807) is 12.1 Å². The molecule has 0 N–H and O–H groups in total. The van der Waals surface area contributed by atoms with Crippen molar-refractivity contribution in [3.8, 4) is 11.4 Å². The van der Waals surface area contributed by atoms with E-state index >= 15 is 0 Å². The van der Waals surface area contributed by atoms with Crippen molar-refractivity contribution in [2.45, 2.75) is 32.4 Å². The van der Waals surface area contributed by atoms with E-state index in [9.17, 15) is 18.0 Å². The number of rotatable bonds is 3. The number of carbonyl (C=O) groups excluding carboxylic acids is 1. The third-order valence-corrected chi connectivity index (χ3v) is 5.56. The first-order valence-electron chi connectivity index (χ1n) is 10.5. The number of carbonyl (C=O) groups is 1. The van der Waals surface area contributed by atoms with Crippen LogP contribution in [-0.4, -0.2) is 52.1 Å². The van der Waals surface area contributed by atoms with Gasteiger partial charge in [0.05, 0.1) is 0 Å². The third kappa shape index (κ3) is 4.99. The lowest BCUT2D eigenvalue weighted by molar-refractivity contribution is -0.159. The van der Waals surface area contributed by atoms with Crippen molar-refractivity contribution in [2.24, 2.45) is 0 Å². The minimum Gasteiger partial charge on any atom is -0.353 e. The summed E-state index contributed by atoms with van der Waals surface area (Å²) < 4.78 is 42.2. The molecule has 7 nitrogen and oxygen atoms in total. The van der Waals surface area contributed by atoms with Crippen molar-refractivity contribution in [1.82, 2.24) is 20.0 Å². The van der Waals surface area contributed by atoms with Crippen LogP contribution in [0.2, 0.25) is 0 Å². The lowest BCUT2D eigenvalue weighted by Gasteiger charge is -2.35. The van der Waals surface area contributed by atoms with Crippen molar-refractivity contribution in [3.05, 3.63) is 59.6 Å². The Kier molecular flexibility index (Phi) is 5.85. The van der Waals surface area contributed by atoms with Crippen LogP contribution in [0.1, 0.15) is 42.6 Å². The van der Waals surface area contributed by atoms with Crippen molar-refractivity contribution in [1.29, 1.82) is 0 Å². The molecule has 1 aromatic carbocycles. The average Bonchev–Trinajstić information content (AvgIpc) is 3.29. The molecule has 3 aromatic rings. The van der Waals surface area contributed by atoms with Gasteiger partial charge in [-0.3, -0.25) is 4.79 Å². The van der Waals surface area contributed by atoms with Crippen LogP contribution < -0.4 is 4.90 Å². The number of alkyl halides is 3. The number of pyridine rings is 1. The highest BCUT2D eigenvalue weighted by Crippen LogP contribution is 2.29. The molecule has 1 amide bonds. The number of hydrogen-bond acceptors (Lipinski definition) is 6. The smallest absolute Gasteiger partial charge is 0.353 e. The molecule has 0 bridgehead atoms. The van der Waals surface area contributed by atoms with Crippen LogP contribution in [0.3, 0.4) is 0 Å². The fourth-order valence-corrected chi connectivity index (χ4v) is 3.60. The maximum atomic E-state index is 12.9. The first-order chi connectivity index (χ1) is 15.5. The van der Waals surface area contributed by atoms with Gasteiger partial charge in [-0.15, -0.1) is 0 Å². The van der Waals surface area contributed by atoms with E-state index in [0.717, 1.165) is 0 Å². The predicted octanol–water partition coefficient (Wildman–Crippen LogP) is 4.41. The summed E-state index contributed by atoms with van der Waals surface area (Å²) in [7, 11) is 0. The lowest BCUT2D eigenvalue weighted by Crippen LogP contribution is -2.49. The van der Waals surface area contributed by atoms with Gasteiger partial charge in [-0.05, 0) is 35.2 Å². The number of halogens is 3. The van der Waals surface area contributed by atoms with Crippen LogP contribution in [0.5, 0.6) is 0 Å². The van der Waals surface area contributed by atoms with Gasteiger partial charge >= 0.3 is 12.1 Å². The molecule has 33 heavy (non-hydrogen) atoms. The van der Waals surface area contributed by atoms with Crippen LogP contribution >= 0.6 is 0 Å². The second-order valence-electron chi connectivity index (χ2n) is 8.93. The van der Waals surface area contributed by atoms with Gasteiger partial charge in [-0.2, -0.15) is 18.2 Å². The predicted molar refractivity (Wildman–Crippen MR) is 116 cm³/mol. The molecule has 10 heteroatoms. The van der Waals surface area contributed by atoms with Gasteiger partial charge in [-0.1, -0.05) is 38.1 Å². The van der Waals surface area contributed by atoms with Crippen LogP contribution in [0.4, 0.5) is 19.0 Å². The largest absolute Gasteiger partial charge is 0.471 e. The number of anilines is 1. The van der Waals surface area contributed by atoms with Crippen LogP contribution in [0, 0.1) is 0 Å². The van der Waals surface area contributed by atoms with Crippen molar-refractivity contribution in [3.63, 3.8) is 0 Å². The van der Waals surface area contributed by atoms with Gasteiger partial charge < -0.3 is 14.3 Å². The maximum Gasteiger partial charge on any atom is 0.471 e. The Morgan fingerprint density at radius 2 is 1.64 bits per heavy atom. The second-order valence-corrected chi connectivity index (χ2v) is 8.93. The number of aromatic nitrogens is 3. The number of piperazine rings is 1. The molecule has 0 atom stereocenters. The third-order valence-electron chi connectivity index (χ3n) is 5.56. The van der Waals surface area contributed by atoms with Crippen LogP contribution in [0.15, 0.2) is 47.1 Å². The topological polar surface area (TPSA) is 75.4 Å². The number of amides is 1. The minimum absolute atomic E-state index is 0.00371. The highest BCUT2D eigenvalue weighted by Gasteiger charge is 2.38. The molecule has 174 valence electrons. The van der Waals surface area contributed by atoms with Gasteiger partial charge in [0.1, 0.15) is 5.82 Å². The molecule has 1 fully saturated rings. The number of hydrogen-bond donors (Lipinski definition) is 0. The van der Waals surface area contributed by atoms with Crippen molar-refractivity contribution < 1.29 is 22.5 Å². The summed E-state index contributed by atoms with van der Waals surface area (Å²) >= 11 is 0. The van der Waals surface area contributed by atoms with E-state index in [1.165, 1.54) is 11.8 Å². The fraction of sp³-hybridized carbons (Fsp3) is 0.391. The molecule has 1 aliphatic rings. The zero-order chi connectivity index (χ0) is 23.8. The molecule has 0 spiro atoms. The van der Waals surface area contributed by atoms with Gasteiger partial charge in [0.15, 0.2) is 0 Å². The maximum absolute atomic E-state index is 12.9. The van der Waals surface area contributed by atoms with E-state index in [1.807, 2.05) is 34.1 Å². The highest BCUT2D eigenvalue weighted by molar-refractivity contribution is 5.94. The van der Waals surface area contributed by atoms with E-state index in [-0.39, 0.29) is 17.1 Å². The molecule has 1 aliphatic heterocycles. The Balaban J connectivity index is 1.37. The molecule has 4 rings (SSSR count). The average molecular weight is 459 g/mol. The zero-order valence-electron chi connectivity index (χ0n) is 18.6. The van der Waals surface area contributed by atoms with E-state index in [4.69, 9.17) is 0 Å². The van der Waals surface area contributed by atoms with Crippen molar-refractivity contribution >= 4 is 11.7 Å². The van der Waals surface area contributed by atoms with Gasteiger partial charge in [-0.25, -0.2) is 4.98 Å². The summed E-state index contributed by atoms with van der Waals surface area (Å²) in [6, 6.07) is 11.0. The van der Waals surface area contributed by atoms with E-state index < -0.39 is 12.1 Å². The van der Waals surface area contributed by atoms with Gasteiger partial charge in [0, 0.05) is 43.5 Å². The minimum atomic E-state index is -4.69. The standard InChI is InChI=1S/C23H24F3N5O2/c1-22(2,3)17-7-4-15(5-8-17)20(32)31-12-10-30(11-13-31)18-9-6-16(14-27-18)19-28-21(33-29-19)23(24,25)26/h4-9,14H,10-13H2,1-3H3. The first-order valence-corrected chi connectivity index (χ1v) is 10.5. The zero-order valence-corrected chi connectivity index (χ0v) is 18.6. The summed E-state index contributed by atoms with van der Waals surface area (Å²) in [6.07, 6.45) is -3.28. The summed E-state index contributed by atoms with van der Waals surface area (Å²) in [6.45, 7) is 8.67. The first kappa shape index (κ1) is 22.8. The lowest BCUT2D eigenvalue weighted by atomic mass is 9.86. The molecule has 0 aliphatic carbocycles. The quantitative estimate of drug-likeness (QED) is 0.578. The summed E-state index contributed by atoms with van der Waals surface area (Å²) in [5.41, 5.74) is 2.19. The normalized spacial score (nSPS) is 15.1. The summed E-state index contributed by atoms with van der Waals surface area (Å²) in [5, 5.41) is 3.37. The molecule has 0 unspecified atom stereocenters. The SMILES string of the molecule is CC(C)(C)c1ccc(C(=O)N2CCN(c3ccc(-c4noc(C(F)(F)F)n4)cn3)CC2)cc1. The van der Waals surface area contributed by atoms with Gasteiger partial charge in [0.25, 0.3) is 5.91 Å². The van der Waals surface area contributed by atoms with Gasteiger partial charge in [0.2, 0.25) is 5.82 Å². The van der Waals surface area contributed by atoms with Crippen LogP contribution in [0.25, 0.3) is 11.4 Å². The Bertz CT molecular complexity index is 1110. The van der Waals surface area contributed by atoms with Crippen LogP contribution in [-0.2, 0) is 11.6 Å². The molecule has 0 saturated carbocycles. The highest BCUT2D eigenvalue weighted by atomic mass is 19.4. The fourth-order valence-electron chi connectivity index (χ4n) is 3.60. The molecule has 2 aromatic heterocycles. The number of benzene rings is 1. The Hall–Kier alpha value is -3.43. The van der Waals surface area contributed by atoms with E-state index in [0.29, 0.717) is 43.1 Å².